The Balaban J connectivity index is 1.90. The van der Waals surface area contributed by atoms with E-state index >= 15 is 0 Å². The van der Waals surface area contributed by atoms with Crippen LogP contribution in [-0.2, 0) is 15.9 Å². The number of phenols is 1. The normalized spacial score (nSPS) is 24.2. The van der Waals surface area contributed by atoms with E-state index in [0.29, 0.717) is 19.4 Å². The zero-order valence-corrected chi connectivity index (χ0v) is 8.80. The van der Waals surface area contributed by atoms with Crippen molar-refractivity contribution < 1.29 is 14.6 Å². The van der Waals surface area contributed by atoms with Gasteiger partial charge in [0, 0.05) is 6.42 Å². The summed E-state index contributed by atoms with van der Waals surface area (Å²) in [7, 11) is 0. The van der Waals surface area contributed by atoms with Gasteiger partial charge in [-0.15, -0.1) is 0 Å². The standard InChI is InChI=1S/C12H13NO3/c13-5-4-11-8-15-12(16-11)7-9-2-1-3-10(14)6-9/h1-3,6,11-12,14H,4,7-8H2. The molecule has 0 saturated carbocycles. The molecule has 84 valence electrons. The Labute approximate surface area is 94.0 Å². The van der Waals surface area contributed by atoms with E-state index in [4.69, 9.17) is 14.7 Å². The van der Waals surface area contributed by atoms with Gasteiger partial charge in [0.25, 0.3) is 0 Å². The first-order chi connectivity index (χ1) is 7.78. The molecule has 2 atom stereocenters. The SMILES string of the molecule is N#CCC1COC(Cc2cccc(O)c2)O1. The minimum atomic E-state index is -0.305. The van der Waals surface area contributed by atoms with E-state index in [1.807, 2.05) is 6.07 Å². The molecule has 0 amide bonds. The summed E-state index contributed by atoms with van der Waals surface area (Å²) in [6.07, 6.45) is 0.528. The van der Waals surface area contributed by atoms with Crippen LogP contribution < -0.4 is 0 Å². The molecule has 4 heteroatoms. The number of aromatic hydroxyl groups is 1. The lowest BCUT2D eigenvalue weighted by Gasteiger charge is -2.10. The smallest absolute Gasteiger partial charge is 0.162 e. The molecule has 16 heavy (non-hydrogen) atoms. The van der Waals surface area contributed by atoms with Gasteiger partial charge in [-0.2, -0.15) is 5.26 Å². The van der Waals surface area contributed by atoms with E-state index in [-0.39, 0.29) is 18.1 Å². The lowest BCUT2D eigenvalue weighted by atomic mass is 10.1. The van der Waals surface area contributed by atoms with Gasteiger partial charge in [-0.3, -0.25) is 0 Å². The third-order valence-electron chi connectivity index (χ3n) is 2.44. The van der Waals surface area contributed by atoms with Crippen LogP contribution in [0.4, 0.5) is 0 Å². The van der Waals surface area contributed by atoms with E-state index in [2.05, 4.69) is 6.07 Å². The number of phenolic OH excluding ortho intramolecular Hbond substituents is 1. The van der Waals surface area contributed by atoms with Crippen LogP contribution in [0.15, 0.2) is 24.3 Å². The van der Waals surface area contributed by atoms with Crippen molar-refractivity contribution in [2.45, 2.75) is 25.2 Å². The average molecular weight is 219 g/mol. The summed E-state index contributed by atoms with van der Waals surface area (Å²) < 4.78 is 10.9. The molecule has 1 heterocycles. The molecule has 1 fully saturated rings. The molecule has 1 aliphatic rings. The number of hydrogen-bond acceptors (Lipinski definition) is 4. The van der Waals surface area contributed by atoms with Gasteiger partial charge in [0.1, 0.15) is 5.75 Å². The maximum absolute atomic E-state index is 9.30. The maximum Gasteiger partial charge on any atom is 0.162 e. The summed E-state index contributed by atoms with van der Waals surface area (Å²) in [6.45, 7) is 0.469. The average Bonchev–Trinajstić information content (AvgIpc) is 2.66. The van der Waals surface area contributed by atoms with Gasteiger partial charge >= 0.3 is 0 Å². The van der Waals surface area contributed by atoms with Crippen molar-refractivity contribution in [1.82, 2.24) is 0 Å². The van der Waals surface area contributed by atoms with Gasteiger partial charge in [-0.25, -0.2) is 0 Å². The predicted molar refractivity (Wildman–Crippen MR) is 56.7 cm³/mol. The fourth-order valence-corrected chi connectivity index (χ4v) is 1.70. The second kappa shape index (κ2) is 4.97. The van der Waals surface area contributed by atoms with E-state index in [1.165, 1.54) is 0 Å². The number of rotatable bonds is 3. The molecule has 0 radical (unpaired) electrons. The Hall–Kier alpha value is -1.57. The van der Waals surface area contributed by atoms with Gasteiger partial charge in [-0.1, -0.05) is 12.1 Å². The van der Waals surface area contributed by atoms with E-state index in [9.17, 15) is 5.11 Å². The van der Waals surface area contributed by atoms with Crippen molar-refractivity contribution in [1.29, 1.82) is 5.26 Å². The highest BCUT2D eigenvalue weighted by molar-refractivity contribution is 5.27. The topological polar surface area (TPSA) is 62.5 Å². The first-order valence-corrected chi connectivity index (χ1v) is 5.20. The van der Waals surface area contributed by atoms with Gasteiger partial charge in [-0.05, 0) is 17.7 Å². The number of nitrogens with zero attached hydrogens (tertiary/aromatic N) is 1. The molecule has 1 saturated heterocycles. The molecule has 1 aliphatic heterocycles. The quantitative estimate of drug-likeness (QED) is 0.838. The van der Waals surface area contributed by atoms with Gasteiger partial charge in [0.15, 0.2) is 6.29 Å². The van der Waals surface area contributed by atoms with Crippen molar-refractivity contribution in [2.75, 3.05) is 6.61 Å². The summed E-state index contributed by atoms with van der Waals surface area (Å²) in [5.74, 6) is 0.240. The van der Waals surface area contributed by atoms with Crippen LogP contribution in [0.5, 0.6) is 5.75 Å². The Morgan fingerprint density at radius 1 is 1.50 bits per heavy atom. The summed E-state index contributed by atoms with van der Waals surface area (Å²) in [5, 5.41) is 17.8. The van der Waals surface area contributed by atoms with Gasteiger partial charge in [0.2, 0.25) is 0 Å². The largest absolute Gasteiger partial charge is 0.508 e. The summed E-state index contributed by atoms with van der Waals surface area (Å²) in [5.41, 5.74) is 0.961. The van der Waals surface area contributed by atoms with Crippen molar-refractivity contribution in [3.05, 3.63) is 29.8 Å². The Morgan fingerprint density at radius 2 is 2.38 bits per heavy atom. The molecular formula is C12H13NO3. The fraction of sp³-hybridized carbons (Fsp3) is 0.417. The number of ether oxygens (including phenoxy) is 2. The van der Waals surface area contributed by atoms with Crippen molar-refractivity contribution in [3.63, 3.8) is 0 Å². The molecule has 2 rings (SSSR count). The summed E-state index contributed by atoms with van der Waals surface area (Å²) in [4.78, 5) is 0. The Bertz CT molecular complexity index is 399. The minimum absolute atomic E-state index is 0.118. The van der Waals surface area contributed by atoms with Gasteiger partial charge in [0.05, 0.1) is 25.2 Å². The highest BCUT2D eigenvalue weighted by Gasteiger charge is 2.25. The monoisotopic (exact) mass is 219 g/mol. The predicted octanol–water partition coefficient (Wildman–Crippen LogP) is 1.59. The van der Waals surface area contributed by atoms with Crippen LogP contribution in [0.25, 0.3) is 0 Å². The summed E-state index contributed by atoms with van der Waals surface area (Å²) in [6, 6.07) is 9.06. The second-order valence-electron chi connectivity index (χ2n) is 3.76. The minimum Gasteiger partial charge on any atom is -0.508 e. The molecule has 4 nitrogen and oxygen atoms in total. The molecule has 1 aromatic rings. The van der Waals surface area contributed by atoms with E-state index in [0.717, 1.165) is 5.56 Å². The summed E-state index contributed by atoms with van der Waals surface area (Å²) >= 11 is 0. The van der Waals surface area contributed by atoms with Crippen molar-refractivity contribution in [3.8, 4) is 11.8 Å². The van der Waals surface area contributed by atoms with Gasteiger partial charge < -0.3 is 14.6 Å². The molecule has 0 spiro atoms. The fourth-order valence-electron chi connectivity index (χ4n) is 1.70. The van der Waals surface area contributed by atoms with Crippen LogP contribution in [-0.4, -0.2) is 24.1 Å². The zero-order valence-electron chi connectivity index (χ0n) is 8.80. The second-order valence-corrected chi connectivity index (χ2v) is 3.76. The highest BCUT2D eigenvalue weighted by atomic mass is 16.7. The number of nitriles is 1. The lowest BCUT2D eigenvalue weighted by molar-refractivity contribution is -0.0548. The van der Waals surface area contributed by atoms with Crippen molar-refractivity contribution in [2.24, 2.45) is 0 Å². The highest BCUT2D eigenvalue weighted by Crippen LogP contribution is 2.19. The molecule has 0 aliphatic carbocycles. The van der Waals surface area contributed by atoms with E-state index < -0.39 is 0 Å². The van der Waals surface area contributed by atoms with Crippen LogP contribution in [0, 0.1) is 11.3 Å². The third kappa shape index (κ3) is 2.72. The maximum atomic E-state index is 9.30. The molecular weight excluding hydrogens is 206 g/mol. The third-order valence-corrected chi connectivity index (χ3v) is 2.44. The van der Waals surface area contributed by atoms with Crippen LogP contribution in [0.2, 0.25) is 0 Å². The Kier molecular flexibility index (Phi) is 3.40. The van der Waals surface area contributed by atoms with Crippen LogP contribution in [0.1, 0.15) is 12.0 Å². The van der Waals surface area contributed by atoms with E-state index in [1.54, 1.807) is 18.2 Å². The number of hydrogen-bond donors (Lipinski definition) is 1. The molecule has 0 bridgehead atoms. The lowest BCUT2D eigenvalue weighted by Crippen LogP contribution is -2.14. The first-order valence-electron chi connectivity index (χ1n) is 5.20. The van der Waals surface area contributed by atoms with Crippen molar-refractivity contribution >= 4 is 0 Å². The van der Waals surface area contributed by atoms with Crippen LogP contribution >= 0.6 is 0 Å². The van der Waals surface area contributed by atoms with Crippen LogP contribution in [0.3, 0.4) is 0 Å². The number of benzene rings is 1. The first kappa shape index (κ1) is 10.9. The zero-order chi connectivity index (χ0) is 11.4. The molecule has 1 aromatic carbocycles. The molecule has 0 aromatic heterocycles. The molecule has 1 N–H and O–H groups in total. The molecule has 2 unspecified atom stereocenters. The Morgan fingerprint density at radius 3 is 3.12 bits per heavy atom.